The van der Waals surface area contributed by atoms with Gasteiger partial charge in [-0.15, -0.1) is 5.48 Å². The Balaban J connectivity index is 2.06. The van der Waals surface area contributed by atoms with Crippen molar-refractivity contribution in [1.82, 2.24) is 21.4 Å². The van der Waals surface area contributed by atoms with Crippen molar-refractivity contribution in [2.45, 2.75) is 71.1 Å². The molecular formula is C23H38N4O7. The number of ketones is 1. The van der Waals surface area contributed by atoms with Gasteiger partial charge >= 0.3 is 0 Å². The van der Waals surface area contributed by atoms with Gasteiger partial charge in [-0.3, -0.25) is 19.2 Å². The second kappa shape index (κ2) is 12.3. The summed E-state index contributed by atoms with van der Waals surface area (Å²) in [5, 5.41) is 7.95. The van der Waals surface area contributed by atoms with E-state index in [2.05, 4.69) is 21.4 Å². The van der Waals surface area contributed by atoms with E-state index in [9.17, 15) is 19.2 Å². The average Bonchev–Trinajstić information content (AvgIpc) is 3.37. The van der Waals surface area contributed by atoms with E-state index in [1.807, 2.05) is 20.8 Å². The van der Waals surface area contributed by atoms with Gasteiger partial charge in [-0.25, -0.2) is 0 Å². The Labute approximate surface area is 200 Å². The Hall–Kier alpha value is -2.50. The molecule has 1 heterocycles. The number of nitrogens with one attached hydrogen (secondary N) is 4. The van der Waals surface area contributed by atoms with Crippen LogP contribution < -0.4 is 21.4 Å². The normalized spacial score (nSPS) is 21.0. The van der Waals surface area contributed by atoms with E-state index in [-0.39, 0.29) is 36.7 Å². The van der Waals surface area contributed by atoms with Crippen LogP contribution in [0, 0.1) is 11.3 Å². The molecule has 11 heteroatoms. The minimum Gasteiger partial charge on any atom is -0.403 e. The van der Waals surface area contributed by atoms with Gasteiger partial charge in [-0.05, 0) is 38.2 Å². The molecule has 0 aromatic rings. The van der Waals surface area contributed by atoms with Crippen LogP contribution in [0.2, 0.25) is 0 Å². The SMILES string of the molecule is COC[C@H](NC(=O)C1=CC(C)NO1)C(=O)N[C@@H](COC)C(=O)N[C@@H](CC(C)C)C(=O)C1(C)CC1. The first-order valence-electron chi connectivity index (χ1n) is 11.6. The number of ether oxygens (including phenoxy) is 2. The van der Waals surface area contributed by atoms with Crippen molar-refractivity contribution < 1.29 is 33.5 Å². The number of Topliss-reactive ketones (excluding diaryl/α,β-unsaturated/α-hetero) is 1. The minimum absolute atomic E-state index is 0.00856. The van der Waals surface area contributed by atoms with Crippen molar-refractivity contribution in [3.63, 3.8) is 0 Å². The standard InChI is InChI=1S/C23H38N4O7/c1-13(2)9-15(19(28)23(4)7-8-23)24-20(29)16(11-32-5)25-21(30)17(12-33-6)26-22(31)18-10-14(3)27-34-18/h10,13-17,27H,7-9,11-12H2,1-6H3,(H,24,29)(H,25,30)(H,26,31)/t14?,15-,16-,17-/m0/s1. The molecule has 0 saturated heterocycles. The van der Waals surface area contributed by atoms with E-state index in [1.165, 1.54) is 14.2 Å². The summed E-state index contributed by atoms with van der Waals surface area (Å²) in [6.45, 7) is 7.43. The van der Waals surface area contributed by atoms with Crippen molar-refractivity contribution in [1.29, 1.82) is 0 Å². The van der Waals surface area contributed by atoms with Crippen molar-refractivity contribution in [3.8, 4) is 0 Å². The largest absolute Gasteiger partial charge is 0.403 e. The molecule has 1 unspecified atom stereocenters. The van der Waals surface area contributed by atoms with E-state index in [1.54, 1.807) is 13.0 Å². The number of carbonyl (C=O) groups is 4. The molecule has 1 aliphatic carbocycles. The molecule has 0 aromatic carbocycles. The first-order valence-corrected chi connectivity index (χ1v) is 11.6. The maximum absolute atomic E-state index is 13.0. The van der Waals surface area contributed by atoms with Gasteiger partial charge in [-0.2, -0.15) is 0 Å². The second-order valence-corrected chi connectivity index (χ2v) is 9.65. The quantitative estimate of drug-likeness (QED) is 0.270. The fraction of sp³-hybridized carbons (Fsp3) is 0.739. The highest BCUT2D eigenvalue weighted by Gasteiger charge is 2.48. The van der Waals surface area contributed by atoms with Gasteiger partial charge in [0, 0.05) is 19.6 Å². The highest BCUT2D eigenvalue weighted by atomic mass is 16.7. The molecule has 0 aromatic heterocycles. The van der Waals surface area contributed by atoms with Crippen molar-refractivity contribution in [2.75, 3.05) is 27.4 Å². The molecule has 1 saturated carbocycles. The number of methoxy groups -OCH3 is 2. The molecule has 0 radical (unpaired) electrons. The summed E-state index contributed by atoms with van der Waals surface area (Å²) in [5.41, 5.74) is 2.22. The highest BCUT2D eigenvalue weighted by molar-refractivity contribution is 5.98. The fourth-order valence-corrected chi connectivity index (χ4v) is 3.60. The van der Waals surface area contributed by atoms with Gasteiger partial charge in [0.25, 0.3) is 5.91 Å². The van der Waals surface area contributed by atoms with Crippen LogP contribution in [0.4, 0.5) is 0 Å². The lowest BCUT2D eigenvalue weighted by Gasteiger charge is -2.26. The van der Waals surface area contributed by atoms with E-state index in [0.717, 1.165) is 12.8 Å². The topological polar surface area (TPSA) is 144 Å². The van der Waals surface area contributed by atoms with E-state index in [4.69, 9.17) is 14.3 Å². The van der Waals surface area contributed by atoms with Crippen LogP contribution in [-0.2, 0) is 33.5 Å². The Kier molecular flexibility index (Phi) is 10.0. The van der Waals surface area contributed by atoms with Crippen LogP contribution in [0.3, 0.4) is 0 Å². The Morgan fingerprint density at radius 1 is 1.03 bits per heavy atom. The van der Waals surface area contributed by atoms with Crippen LogP contribution in [-0.4, -0.2) is 75.1 Å². The fourth-order valence-electron chi connectivity index (χ4n) is 3.60. The van der Waals surface area contributed by atoms with E-state index in [0.29, 0.717) is 6.42 Å². The minimum atomic E-state index is -1.08. The van der Waals surface area contributed by atoms with Crippen molar-refractivity contribution >= 4 is 23.5 Å². The number of rotatable bonds is 14. The molecule has 2 rings (SSSR count). The van der Waals surface area contributed by atoms with Crippen LogP contribution in [0.25, 0.3) is 0 Å². The predicted molar refractivity (Wildman–Crippen MR) is 123 cm³/mol. The van der Waals surface area contributed by atoms with Crippen LogP contribution in [0.1, 0.15) is 47.0 Å². The molecule has 1 aliphatic heterocycles. The van der Waals surface area contributed by atoms with Gasteiger partial charge in [0.2, 0.25) is 17.6 Å². The Morgan fingerprint density at radius 2 is 1.56 bits per heavy atom. The smallest absolute Gasteiger partial charge is 0.289 e. The van der Waals surface area contributed by atoms with E-state index < -0.39 is 41.3 Å². The zero-order valence-electron chi connectivity index (χ0n) is 20.9. The molecule has 1 fully saturated rings. The zero-order chi connectivity index (χ0) is 25.5. The summed E-state index contributed by atoms with van der Waals surface area (Å²) in [4.78, 5) is 56.4. The van der Waals surface area contributed by atoms with Crippen molar-refractivity contribution in [2.24, 2.45) is 11.3 Å². The van der Waals surface area contributed by atoms with Crippen LogP contribution in [0.5, 0.6) is 0 Å². The van der Waals surface area contributed by atoms with E-state index >= 15 is 0 Å². The molecule has 3 amide bonds. The number of amides is 3. The molecule has 4 atom stereocenters. The molecule has 11 nitrogen and oxygen atoms in total. The Morgan fingerprint density at radius 3 is 2.00 bits per heavy atom. The van der Waals surface area contributed by atoms with Gasteiger partial charge < -0.3 is 30.3 Å². The molecule has 2 aliphatic rings. The number of hydroxylamine groups is 1. The summed E-state index contributed by atoms with van der Waals surface area (Å²) >= 11 is 0. The van der Waals surface area contributed by atoms with Gasteiger partial charge in [0.15, 0.2) is 5.78 Å². The summed E-state index contributed by atoms with van der Waals surface area (Å²) in [6, 6.07) is -2.94. The third kappa shape index (κ3) is 7.78. The molecule has 0 spiro atoms. The second-order valence-electron chi connectivity index (χ2n) is 9.65. The first-order chi connectivity index (χ1) is 16.0. The van der Waals surface area contributed by atoms with Gasteiger partial charge in [-0.1, -0.05) is 20.8 Å². The van der Waals surface area contributed by atoms with Crippen LogP contribution in [0.15, 0.2) is 11.8 Å². The lowest BCUT2D eigenvalue weighted by Crippen LogP contribution is -2.58. The highest BCUT2D eigenvalue weighted by Crippen LogP contribution is 2.47. The zero-order valence-corrected chi connectivity index (χ0v) is 20.9. The average molecular weight is 483 g/mol. The van der Waals surface area contributed by atoms with Crippen LogP contribution >= 0.6 is 0 Å². The lowest BCUT2D eigenvalue weighted by molar-refractivity contribution is -0.136. The number of hydrogen-bond donors (Lipinski definition) is 4. The summed E-state index contributed by atoms with van der Waals surface area (Å²) in [5.74, 6) is -1.51. The summed E-state index contributed by atoms with van der Waals surface area (Å²) in [6.07, 6.45) is 3.69. The number of carbonyl (C=O) groups excluding carboxylic acids is 4. The van der Waals surface area contributed by atoms with Crippen molar-refractivity contribution in [3.05, 3.63) is 11.8 Å². The molecule has 4 N–H and O–H groups in total. The Bertz CT molecular complexity index is 794. The third-order valence-corrected chi connectivity index (χ3v) is 5.84. The monoisotopic (exact) mass is 482 g/mol. The lowest BCUT2D eigenvalue weighted by atomic mass is 9.91. The van der Waals surface area contributed by atoms with Gasteiger partial charge in [0.1, 0.15) is 12.1 Å². The molecule has 34 heavy (non-hydrogen) atoms. The summed E-state index contributed by atoms with van der Waals surface area (Å²) in [7, 11) is 2.79. The molecule has 0 bridgehead atoms. The third-order valence-electron chi connectivity index (χ3n) is 5.84. The molecular weight excluding hydrogens is 444 g/mol. The molecule has 192 valence electrons. The maximum atomic E-state index is 13.0. The van der Waals surface area contributed by atoms with Gasteiger partial charge in [0.05, 0.1) is 25.3 Å². The first kappa shape index (κ1) is 27.7. The predicted octanol–water partition coefficient (Wildman–Crippen LogP) is -0.0439. The summed E-state index contributed by atoms with van der Waals surface area (Å²) < 4.78 is 10.2. The number of hydrogen-bond acceptors (Lipinski definition) is 8. The maximum Gasteiger partial charge on any atom is 0.289 e.